The van der Waals surface area contributed by atoms with Gasteiger partial charge in [0.05, 0.1) is 6.21 Å². The van der Waals surface area contributed by atoms with Gasteiger partial charge in [0.25, 0.3) is 0 Å². The number of hydrogen-bond acceptors (Lipinski definition) is 8. The normalized spacial score (nSPS) is 11.2. The molecule has 2 aromatic heterocycles. The lowest BCUT2D eigenvalue weighted by Gasteiger charge is -2.09. The summed E-state index contributed by atoms with van der Waals surface area (Å²) in [5, 5.41) is 14.6. The number of fused-ring (bicyclic) bond motifs is 1. The van der Waals surface area contributed by atoms with Gasteiger partial charge in [-0.3, -0.25) is 5.43 Å². The molecule has 2 heterocycles. The summed E-state index contributed by atoms with van der Waals surface area (Å²) in [7, 11) is 0. The molecule has 9 heteroatoms. The molecule has 134 valence electrons. The summed E-state index contributed by atoms with van der Waals surface area (Å²) in [6, 6.07) is 14.1. The van der Waals surface area contributed by atoms with E-state index in [-0.39, 0.29) is 17.1 Å². The fourth-order valence-corrected chi connectivity index (χ4v) is 2.41. The van der Waals surface area contributed by atoms with E-state index >= 15 is 0 Å². The molecule has 27 heavy (non-hydrogen) atoms. The first-order valence-electron chi connectivity index (χ1n) is 8.06. The number of anilines is 3. The van der Waals surface area contributed by atoms with Crippen LogP contribution in [0.3, 0.4) is 0 Å². The highest BCUT2D eigenvalue weighted by atomic mass is 19.1. The Morgan fingerprint density at radius 3 is 2.56 bits per heavy atom. The van der Waals surface area contributed by atoms with Gasteiger partial charge in [-0.15, -0.1) is 0 Å². The number of nitrogens with zero attached hydrogens (tertiary/aromatic N) is 5. The van der Waals surface area contributed by atoms with Crippen molar-refractivity contribution in [3.8, 4) is 0 Å². The zero-order valence-corrected chi connectivity index (χ0v) is 14.2. The molecule has 2 aromatic carbocycles. The summed E-state index contributed by atoms with van der Waals surface area (Å²) in [5.74, 6) is 0.310. The molecular formula is C18H14FN7O. The molecule has 0 fully saturated rings. The second kappa shape index (κ2) is 7.16. The number of hydrogen-bond donors (Lipinski definition) is 2. The maximum Gasteiger partial charge on any atom is 0.245 e. The summed E-state index contributed by atoms with van der Waals surface area (Å²) < 4.78 is 18.4. The third-order valence-electron chi connectivity index (χ3n) is 3.67. The Labute approximate surface area is 153 Å². The highest BCUT2D eigenvalue weighted by Crippen LogP contribution is 2.24. The number of hydrazone groups is 1. The van der Waals surface area contributed by atoms with Gasteiger partial charge in [0, 0.05) is 11.3 Å². The molecule has 4 aromatic rings. The molecule has 0 radical (unpaired) electrons. The molecule has 0 aliphatic heterocycles. The molecule has 0 atom stereocenters. The van der Waals surface area contributed by atoms with Gasteiger partial charge >= 0.3 is 0 Å². The average Bonchev–Trinajstić information content (AvgIpc) is 3.10. The molecule has 8 nitrogen and oxygen atoms in total. The van der Waals surface area contributed by atoms with Crippen molar-refractivity contribution in [2.45, 2.75) is 6.92 Å². The van der Waals surface area contributed by atoms with Gasteiger partial charge in [-0.2, -0.15) is 10.1 Å². The van der Waals surface area contributed by atoms with Crippen molar-refractivity contribution >= 4 is 34.8 Å². The molecule has 4 rings (SSSR count). The lowest BCUT2D eigenvalue weighted by Crippen LogP contribution is -2.03. The second-order valence-electron chi connectivity index (χ2n) is 5.72. The first-order chi connectivity index (χ1) is 13.2. The highest BCUT2D eigenvalue weighted by molar-refractivity contribution is 5.82. The number of benzene rings is 2. The van der Waals surface area contributed by atoms with Crippen LogP contribution in [-0.4, -0.2) is 26.5 Å². The SMILES string of the molecule is Cc1cccc(Nc2nc3nonc3nc2N/N=C\c2ccccc2F)c1. The van der Waals surface area contributed by atoms with Crippen LogP contribution < -0.4 is 10.7 Å². The fourth-order valence-electron chi connectivity index (χ4n) is 2.41. The number of nitrogens with one attached hydrogen (secondary N) is 2. The first-order valence-corrected chi connectivity index (χ1v) is 8.06. The van der Waals surface area contributed by atoms with Crippen LogP contribution in [0.1, 0.15) is 11.1 Å². The van der Waals surface area contributed by atoms with Gasteiger partial charge in [0.1, 0.15) is 5.82 Å². The van der Waals surface area contributed by atoms with E-state index in [1.54, 1.807) is 18.2 Å². The maximum atomic E-state index is 13.7. The number of aryl methyl sites for hydroxylation is 1. The Morgan fingerprint density at radius 1 is 1.00 bits per heavy atom. The summed E-state index contributed by atoms with van der Waals surface area (Å²) in [5.41, 5.74) is 5.50. The topological polar surface area (TPSA) is 101 Å². The minimum atomic E-state index is -0.372. The number of aromatic nitrogens is 4. The smallest absolute Gasteiger partial charge is 0.245 e. The van der Waals surface area contributed by atoms with Crippen LogP contribution in [0.4, 0.5) is 21.7 Å². The van der Waals surface area contributed by atoms with Crippen LogP contribution in [-0.2, 0) is 0 Å². The molecule has 0 bridgehead atoms. The van der Waals surface area contributed by atoms with Crippen LogP contribution in [0.2, 0.25) is 0 Å². The standard InChI is InChI=1S/C18H14FN7O/c1-11-5-4-7-13(9-11)21-15-16(23-18-17(22-15)25-27-26-18)24-20-10-12-6-2-3-8-14(12)19/h2-10H,1H3,(H,21,22,25)(H,23,24,26)/b20-10-. The first kappa shape index (κ1) is 16.6. The van der Waals surface area contributed by atoms with Gasteiger partial charge in [0.15, 0.2) is 11.6 Å². The van der Waals surface area contributed by atoms with E-state index in [0.717, 1.165) is 11.3 Å². The van der Waals surface area contributed by atoms with Gasteiger partial charge in [-0.1, -0.05) is 30.3 Å². The monoisotopic (exact) mass is 363 g/mol. The number of halogens is 1. The van der Waals surface area contributed by atoms with Crippen LogP contribution in [0.15, 0.2) is 58.3 Å². The minimum absolute atomic E-state index is 0.230. The largest absolute Gasteiger partial charge is 0.337 e. The average molecular weight is 363 g/mol. The Kier molecular flexibility index (Phi) is 4.40. The molecule has 0 saturated carbocycles. The van der Waals surface area contributed by atoms with Gasteiger partial charge in [0.2, 0.25) is 11.3 Å². The lowest BCUT2D eigenvalue weighted by atomic mass is 10.2. The van der Waals surface area contributed by atoms with E-state index in [4.69, 9.17) is 0 Å². The predicted octanol–water partition coefficient (Wildman–Crippen LogP) is 3.65. The van der Waals surface area contributed by atoms with Crippen molar-refractivity contribution in [3.05, 3.63) is 65.5 Å². The summed E-state index contributed by atoms with van der Waals surface area (Å²) in [6.07, 6.45) is 1.36. The molecule has 0 amide bonds. The van der Waals surface area contributed by atoms with Crippen molar-refractivity contribution in [1.82, 2.24) is 20.3 Å². The van der Waals surface area contributed by atoms with Gasteiger partial charge in [-0.05, 0) is 41.0 Å². The van der Waals surface area contributed by atoms with E-state index in [9.17, 15) is 4.39 Å². The van der Waals surface area contributed by atoms with Crippen LogP contribution in [0.5, 0.6) is 0 Å². The van der Waals surface area contributed by atoms with E-state index < -0.39 is 0 Å². The van der Waals surface area contributed by atoms with E-state index in [2.05, 4.69) is 40.8 Å². The molecule has 0 spiro atoms. The quantitative estimate of drug-likeness (QED) is 0.412. The predicted molar refractivity (Wildman–Crippen MR) is 99.5 cm³/mol. The molecule has 0 saturated heterocycles. The zero-order chi connectivity index (χ0) is 18.6. The Hall–Kier alpha value is -3.88. The van der Waals surface area contributed by atoms with Crippen molar-refractivity contribution in [2.24, 2.45) is 5.10 Å². The second-order valence-corrected chi connectivity index (χ2v) is 5.72. The Bertz CT molecular complexity index is 1130. The Balaban J connectivity index is 1.65. The van der Waals surface area contributed by atoms with Gasteiger partial charge in [-0.25, -0.2) is 14.0 Å². The highest BCUT2D eigenvalue weighted by Gasteiger charge is 2.13. The van der Waals surface area contributed by atoms with Crippen molar-refractivity contribution in [1.29, 1.82) is 0 Å². The molecule has 0 aliphatic carbocycles. The van der Waals surface area contributed by atoms with E-state index in [1.807, 2.05) is 31.2 Å². The van der Waals surface area contributed by atoms with E-state index in [1.165, 1.54) is 12.3 Å². The third-order valence-corrected chi connectivity index (χ3v) is 3.67. The molecule has 0 aliphatic rings. The Morgan fingerprint density at radius 2 is 1.78 bits per heavy atom. The molecule has 2 N–H and O–H groups in total. The molecular weight excluding hydrogens is 349 g/mol. The van der Waals surface area contributed by atoms with Crippen LogP contribution in [0, 0.1) is 12.7 Å². The summed E-state index contributed by atoms with van der Waals surface area (Å²) >= 11 is 0. The van der Waals surface area contributed by atoms with Crippen molar-refractivity contribution in [3.63, 3.8) is 0 Å². The van der Waals surface area contributed by atoms with Crippen LogP contribution in [0.25, 0.3) is 11.3 Å². The van der Waals surface area contributed by atoms with Gasteiger partial charge < -0.3 is 5.32 Å². The maximum absolute atomic E-state index is 13.7. The van der Waals surface area contributed by atoms with Crippen LogP contribution >= 0.6 is 0 Å². The molecule has 0 unspecified atom stereocenters. The van der Waals surface area contributed by atoms with E-state index in [0.29, 0.717) is 17.2 Å². The summed E-state index contributed by atoms with van der Waals surface area (Å²) in [6.45, 7) is 1.99. The fraction of sp³-hybridized carbons (Fsp3) is 0.0556. The third kappa shape index (κ3) is 3.71. The zero-order valence-electron chi connectivity index (χ0n) is 14.2. The minimum Gasteiger partial charge on any atom is -0.337 e. The lowest BCUT2D eigenvalue weighted by molar-refractivity contribution is 0.314. The number of rotatable bonds is 5. The summed E-state index contributed by atoms with van der Waals surface area (Å²) in [4.78, 5) is 8.65. The van der Waals surface area contributed by atoms with Crippen molar-refractivity contribution in [2.75, 3.05) is 10.7 Å². The van der Waals surface area contributed by atoms with Crippen molar-refractivity contribution < 1.29 is 9.02 Å².